The molecule has 136 valence electrons. The molecule has 6 nitrogen and oxygen atoms in total. The number of nitrogens with zero attached hydrogens (tertiary/aromatic N) is 4. The number of ether oxygens (including phenoxy) is 1. The average Bonchev–Trinajstić information content (AvgIpc) is 3.27. The fourth-order valence-corrected chi connectivity index (χ4v) is 3.88. The summed E-state index contributed by atoms with van der Waals surface area (Å²) in [5.74, 6) is 0. The molecular formula is C20H24N4O2. The lowest BCUT2D eigenvalue weighted by molar-refractivity contribution is 0.0187. The molecule has 3 aromatic heterocycles. The fourth-order valence-electron chi connectivity index (χ4n) is 3.88. The van der Waals surface area contributed by atoms with Crippen LogP contribution in [0.3, 0.4) is 0 Å². The van der Waals surface area contributed by atoms with Crippen LogP contribution < -0.4 is 0 Å². The van der Waals surface area contributed by atoms with Gasteiger partial charge < -0.3 is 9.14 Å². The highest BCUT2D eigenvalue weighted by atomic mass is 16.5. The highest BCUT2D eigenvalue weighted by molar-refractivity contribution is 5.82. The minimum Gasteiger partial charge on any atom is -0.379 e. The van der Waals surface area contributed by atoms with Crippen LogP contribution in [0.5, 0.6) is 0 Å². The number of hydrogen-bond acceptors (Lipinski definition) is 4. The number of pyridine rings is 1. The molecule has 1 saturated heterocycles. The summed E-state index contributed by atoms with van der Waals surface area (Å²) in [6, 6.07) is 6.27. The molecule has 0 radical (unpaired) electrons. The zero-order chi connectivity index (χ0) is 18.3. The van der Waals surface area contributed by atoms with Gasteiger partial charge in [-0.05, 0) is 37.6 Å². The van der Waals surface area contributed by atoms with Crippen LogP contribution in [0.25, 0.3) is 16.8 Å². The quantitative estimate of drug-likeness (QED) is 0.678. The molecule has 0 saturated carbocycles. The lowest BCUT2D eigenvalue weighted by atomic mass is 10.0. The highest BCUT2D eigenvalue weighted by Crippen LogP contribution is 2.31. The first-order valence-corrected chi connectivity index (χ1v) is 9.01. The molecule has 1 unspecified atom stereocenters. The Morgan fingerprint density at radius 1 is 1.27 bits per heavy atom. The summed E-state index contributed by atoms with van der Waals surface area (Å²) in [4.78, 5) is 14.1. The Morgan fingerprint density at radius 3 is 2.69 bits per heavy atom. The summed E-state index contributed by atoms with van der Waals surface area (Å²) in [6.07, 6.45) is 5.03. The van der Waals surface area contributed by atoms with Crippen molar-refractivity contribution in [2.75, 3.05) is 26.3 Å². The minimum atomic E-state index is 0.199. The predicted molar refractivity (Wildman–Crippen MR) is 101 cm³/mol. The van der Waals surface area contributed by atoms with Gasteiger partial charge in [0.05, 0.1) is 18.9 Å². The molecule has 0 N–H and O–H groups in total. The van der Waals surface area contributed by atoms with Gasteiger partial charge in [-0.25, -0.2) is 0 Å². The van der Waals surface area contributed by atoms with E-state index in [1.54, 1.807) is 4.68 Å². The Bertz CT molecular complexity index is 950. The molecule has 0 amide bonds. The van der Waals surface area contributed by atoms with E-state index in [-0.39, 0.29) is 6.04 Å². The Balaban J connectivity index is 1.87. The van der Waals surface area contributed by atoms with E-state index >= 15 is 0 Å². The summed E-state index contributed by atoms with van der Waals surface area (Å²) in [6.45, 7) is 7.57. The van der Waals surface area contributed by atoms with Crippen LogP contribution in [0.15, 0.2) is 30.6 Å². The second-order valence-corrected chi connectivity index (χ2v) is 6.95. The first kappa shape index (κ1) is 17.0. The van der Waals surface area contributed by atoms with Crippen LogP contribution in [0.4, 0.5) is 0 Å². The van der Waals surface area contributed by atoms with Gasteiger partial charge in [0.25, 0.3) is 0 Å². The molecule has 1 fully saturated rings. The highest BCUT2D eigenvalue weighted by Gasteiger charge is 2.24. The van der Waals surface area contributed by atoms with Crippen LogP contribution in [-0.4, -0.2) is 51.7 Å². The fraction of sp³-hybridized carbons (Fsp3) is 0.400. The van der Waals surface area contributed by atoms with E-state index in [1.165, 1.54) is 0 Å². The molecule has 1 atom stereocenters. The van der Waals surface area contributed by atoms with E-state index in [0.29, 0.717) is 0 Å². The second kappa shape index (κ2) is 6.70. The van der Waals surface area contributed by atoms with Gasteiger partial charge in [-0.15, -0.1) is 0 Å². The lowest BCUT2D eigenvalue weighted by Crippen LogP contribution is -2.38. The number of hydrogen-bond donors (Lipinski definition) is 0. The van der Waals surface area contributed by atoms with Crippen molar-refractivity contribution in [3.8, 4) is 11.3 Å². The number of aryl methyl sites for hydroxylation is 1. The average molecular weight is 352 g/mol. The van der Waals surface area contributed by atoms with Gasteiger partial charge in [-0.3, -0.25) is 14.4 Å². The molecule has 0 bridgehead atoms. The van der Waals surface area contributed by atoms with Crippen molar-refractivity contribution in [2.45, 2.75) is 19.9 Å². The van der Waals surface area contributed by atoms with Gasteiger partial charge in [0, 0.05) is 60.9 Å². The molecule has 0 aromatic carbocycles. The van der Waals surface area contributed by atoms with Gasteiger partial charge in [-0.1, -0.05) is 0 Å². The number of fused-ring (bicyclic) bond motifs is 1. The van der Waals surface area contributed by atoms with E-state index in [9.17, 15) is 4.79 Å². The number of aromatic nitrogens is 3. The van der Waals surface area contributed by atoms with E-state index in [0.717, 1.165) is 66.2 Å². The minimum absolute atomic E-state index is 0.199. The Labute approximate surface area is 153 Å². The summed E-state index contributed by atoms with van der Waals surface area (Å²) >= 11 is 0. The van der Waals surface area contributed by atoms with Gasteiger partial charge in [-0.2, -0.15) is 5.10 Å². The molecule has 4 heterocycles. The zero-order valence-electron chi connectivity index (χ0n) is 15.5. The third kappa shape index (κ3) is 2.85. The number of carbonyl (C=O) groups is 1. The van der Waals surface area contributed by atoms with Gasteiger partial charge in [0.15, 0.2) is 0 Å². The molecule has 1 aliphatic rings. The number of aldehydes is 1. The van der Waals surface area contributed by atoms with E-state index < -0.39 is 0 Å². The molecule has 6 heteroatoms. The molecule has 1 aliphatic heterocycles. The first-order chi connectivity index (χ1) is 12.6. The van der Waals surface area contributed by atoms with Crippen LogP contribution in [0, 0.1) is 6.92 Å². The van der Waals surface area contributed by atoms with Crippen LogP contribution in [0.2, 0.25) is 0 Å². The topological polar surface area (TPSA) is 51.8 Å². The molecule has 3 aromatic rings. The first-order valence-electron chi connectivity index (χ1n) is 9.01. The maximum Gasteiger partial charge on any atom is 0.150 e. The monoisotopic (exact) mass is 352 g/mol. The van der Waals surface area contributed by atoms with Gasteiger partial charge in [0.1, 0.15) is 6.29 Å². The Hall–Kier alpha value is -2.44. The van der Waals surface area contributed by atoms with Crippen molar-refractivity contribution in [1.82, 2.24) is 19.1 Å². The number of carbonyl (C=O) groups excluding carboxylic acids is 1. The molecule has 0 aliphatic carbocycles. The smallest absolute Gasteiger partial charge is 0.150 e. The summed E-state index contributed by atoms with van der Waals surface area (Å²) < 4.78 is 9.51. The van der Waals surface area contributed by atoms with Crippen molar-refractivity contribution in [1.29, 1.82) is 0 Å². The van der Waals surface area contributed by atoms with E-state index in [4.69, 9.17) is 4.74 Å². The maximum atomic E-state index is 11.6. The van der Waals surface area contributed by atoms with Crippen molar-refractivity contribution in [3.05, 3.63) is 47.4 Å². The second-order valence-electron chi connectivity index (χ2n) is 6.95. The normalized spacial score (nSPS) is 16.9. The molecule has 0 spiro atoms. The van der Waals surface area contributed by atoms with Crippen molar-refractivity contribution >= 4 is 11.8 Å². The van der Waals surface area contributed by atoms with Crippen LogP contribution >= 0.6 is 0 Å². The van der Waals surface area contributed by atoms with Crippen molar-refractivity contribution in [3.63, 3.8) is 0 Å². The number of rotatable bonds is 4. The van der Waals surface area contributed by atoms with Crippen molar-refractivity contribution in [2.24, 2.45) is 7.05 Å². The molecule has 26 heavy (non-hydrogen) atoms. The maximum absolute atomic E-state index is 11.6. The Kier molecular flexibility index (Phi) is 4.38. The Morgan fingerprint density at radius 2 is 2.04 bits per heavy atom. The third-order valence-electron chi connectivity index (χ3n) is 5.36. The van der Waals surface area contributed by atoms with E-state index in [1.807, 2.05) is 32.3 Å². The van der Waals surface area contributed by atoms with Gasteiger partial charge in [0.2, 0.25) is 0 Å². The summed E-state index contributed by atoms with van der Waals surface area (Å²) in [7, 11) is 1.92. The van der Waals surface area contributed by atoms with Crippen molar-refractivity contribution < 1.29 is 9.53 Å². The lowest BCUT2D eigenvalue weighted by Gasteiger charge is -2.33. The third-order valence-corrected chi connectivity index (χ3v) is 5.36. The standard InChI is InChI=1S/C20H24N4O2/c1-14-17(13-25)11-18-10-16(19-4-5-22(3)21-19)12-24(18)20(14)15(2)23-6-8-26-9-7-23/h4-5,10-13,15H,6-9H2,1-3H3. The SMILES string of the molecule is Cc1c(C=O)cc2cc(-c3ccn(C)n3)cn2c1C(C)N1CCOCC1. The van der Waals surface area contributed by atoms with Crippen LogP contribution in [-0.2, 0) is 11.8 Å². The summed E-state index contributed by atoms with van der Waals surface area (Å²) in [5, 5.41) is 4.51. The predicted octanol–water partition coefficient (Wildman–Crippen LogP) is 2.85. The van der Waals surface area contributed by atoms with Crippen LogP contribution in [0.1, 0.15) is 34.6 Å². The zero-order valence-corrected chi connectivity index (χ0v) is 15.5. The summed E-state index contributed by atoms with van der Waals surface area (Å²) in [5.41, 5.74) is 5.96. The molecular weight excluding hydrogens is 328 g/mol. The molecule has 4 rings (SSSR count). The van der Waals surface area contributed by atoms with Gasteiger partial charge >= 0.3 is 0 Å². The number of morpholine rings is 1. The van der Waals surface area contributed by atoms with E-state index in [2.05, 4.69) is 33.6 Å². The largest absolute Gasteiger partial charge is 0.379 e.